The Kier molecular flexibility index (Phi) is 3.65. The third kappa shape index (κ3) is 2.52. The highest BCUT2D eigenvalue weighted by molar-refractivity contribution is 7.99. The Morgan fingerprint density at radius 1 is 1.15 bits per heavy atom. The molecule has 0 saturated heterocycles. The van der Waals surface area contributed by atoms with E-state index in [0.29, 0.717) is 10.0 Å². The van der Waals surface area contributed by atoms with E-state index in [1.54, 1.807) is 6.07 Å². The summed E-state index contributed by atoms with van der Waals surface area (Å²) in [6.07, 6.45) is 0. The molecule has 6 heteroatoms. The van der Waals surface area contributed by atoms with Crippen LogP contribution in [0.15, 0.2) is 46.2 Å². The van der Waals surface area contributed by atoms with E-state index < -0.39 is 6.04 Å². The largest absolute Gasteiger partial charge is 0.324 e. The summed E-state index contributed by atoms with van der Waals surface area (Å²) in [5.74, 6) is -0.204. The summed E-state index contributed by atoms with van der Waals surface area (Å²) < 4.78 is 0. The highest BCUT2D eigenvalue weighted by atomic mass is 35.5. The van der Waals surface area contributed by atoms with Crippen molar-refractivity contribution in [3.05, 3.63) is 52.0 Å². The minimum atomic E-state index is -0.642. The van der Waals surface area contributed by atoms with Crippen molar-refractivity contribution in [1.29, 1.82) is 0 Å². The summed E-state index contributed by atoms with van der Waals surface area (Å²) in [7, 11) is 0. The molecular weight excluding hydrogens is 315 g/mol. The standard InChI is InChI=1S/C14H10Cl2N2OS/c15-7-1-3-8(4-2-7)20-12-6-11-9(5-10(12)16)13(17)14(19)18-11/h1-6,13H,17H2,(H,18,19). The first kappa shape index (κ1) is 13.8. The number of benzene rings is 2. The van der Waals surface area contributed by atoms with E-state index >= 15 is 0 Å². The first-order chi connectivity index (χ1) is 9.54. The van der Waals surface area contributed by atoms with Gasteiger partial charge in [0.1, 0.15) is 6.04 Å². The number of hydrogen-bond acceptors (Lipinski definition) is 3. The predicted octanol–water partition coefficient (Wildman–Crippen LogP) is 4.10. The maximum atomic E-state index is 11.5. The zero-order chi connectivity index (χ0) is 14.3. The first-order valence-corrected chi connectivity index (χ1v) is 7.45. The molecule has 102 valence electrons. The molecule has 0 aliphatic carbocycles. The van der Waals surface area contributed by atoms with Crippen LogP contribution in [0, 0.1) is 0 Å². The van der Waals surface area contributed by atoms with Crippen LogP contribution in [-0.4, -0.2) is 5.91 Å². The van der Waals surface area contributed by atoms with E-state index in [2.05, 4.69) is 5.32 Å². The van der Waals surface area contributed by atoms with Crippen LogP contribution in [0.5, 0.6) is 0 Å². The predicted molar refractivity (Wildman–Crippen MR) is 82.6 cm³/mol. The second kappa shape index (κ2) is 5.30. The van der Waals surface area contributed by atoms with Crippen molar-refractivity contribution in [2.75, 3.05) is 5.32 Å². The lowest BCUT2D eigenvalue weighted by atomic mass is 10.1. The molecule has 3 nitrogen and oxygen atoms in total. The van der Waals surface area contributed by atoms with Crippen molar-refractivity contribution in [3.63, 3.8) is 0 Å². The molecule has 1 amide bonds. The van der Waals surface area contributed by atoms with Crippen molar-refractivity contribution in [2.24, 2.45) is 5.73 Å². The van der Waals surface area contributed by atoms with Gasteiger partial charge in [-0.15, -0.1) is 0 Å². The van der Waals surface area contributed by atoms with Gasteiger partial charge < -0.3 is 11.1 Å². The second-order valence-corrected chi connectivity index (χ2v) is 6.35. The van der Waals surface area contributed by atoms with Crippen LogP contribution in [-0.2, 0) is 4.79 Å². The average molecular weight is 325 g/mol. The van der Waals surface area contributed by atoms with Crippen molar-refractivity contribution in [2.45, 2.75) is 15.8 Å². The molecule has 0 spiro atoms. The van der Waals surface area contributed by atoms with Crippen LogP contribution >= 0.6 is 35.0 Å². The number of halogens is 2. The second-order valence-electron chi connectivity index (χ2n) is 4.39. The highest BCUT2D eigenvalue weighted by Gasteiger charge is 2.28. The number of rotatable bonds is 2. The summed E-state index contributed by atoms with van der Waals surface area (Å²) >= 11 is 13.6. The molecule has 2 aromatic rings. The Labute approximate surface area is 130 Å². The van der Waals surface area contributed by atoms with Crippen molar-refractivity contribution < 1.29 is 4.79 Å². The Balaban J connectivity index is 1.94. The van der Waals surface area contributed by atoms with Crippen LogP contribution in [0.1, 0.15) is 11.6 Å². The SMILES string of the molecule is NC1C(=O)Nc2cc(Sc3ccc(Cl)cc3)c(Cl)cc21. The zero-order valence-electron chi connectivity index (χ0n) is 10.2. The third-order valence-corrected chi connectivity index (χ3v) is 4.76. The van der Waals surface area contributed by atoms with Gasteiger partial charge in [-0.05, 0) is 36.4 Å². The quantitative estimate of drug-likeness (QED) is 0.874. The van der Waals surface area contributed by atoms with Crippen molar-refractivity contribution >= 4 is 46.6 Å². The van der Waals surface area contributed by atoms with E-state index in [0.717, 1.165) is 21.0 Å². The van der Waals surface area contributed by atoms with Crippen LogP contribution in [0.25, 0.3) is 0 Å². The van der Waals surface area contributed by atoms with Crippen molar-refractivity contribution in [1.82, 2.24) is 0 Å². The highest BCUT2D eigenvalue weighted by Crippen LogP contribution is 2.40. The van der Waals surface area contributed by atoms with Crippen LogP contribution in [0.4, 0.5) is 5.69 Å². The Morgan fingerprint density at radius 3 is 2.55 bits per heavy atom. The lowest BCUT2D eigenvalue weighted by molar-refractivity contribution is -0.116. The zero-order valence-corrected chi connectivity index (χ0v) is 12.5. The van der Waals surface area contributed by atoms with Crippen LogP contribution in [0.2, 0.25) is 10.0 Å². The lowest BCUT2D eigenvalue weighted by Gasteiger charge is -2.08. The summed E-state index contributed by atoms with van der Waals surface area (Å²) in [6, 6.07) is 10.4. The third-order valence-electron chi connectivity index (χ3n) is 3.02. The number of nitrogens with two attached hydrogens (primary N) is 1. The molecule has 3 rings (SSSR count). The molecule has 0 aromatic heterocycles. The number of nitrogens with one attached hydrogen (secondary N) is 1. The molecule has 0 radical (unpaired) electrons. The molecular formula is C14H10Cl2N2OS. The van der Waals surface area contributed by atoms with Gasteiger partial charge in [-0.25, -0.2) is 0 Å². The number of hydrogen-bond donors (Lipinski definition) is 2. The van der Waals surface area contributed by atoms with Crippen LogP contribution in [0.3, 0.4) is 0 Å². The van der Waals surface area contributed by atoms with Gasteiger partial charge in [-0.3, -0.25) is 4.79 Å². The summed E-state index contributed by atoms with van der Waals surface area (Å²) in [5.41, 5.74) is 7.25. The number of fused-ring (bicyclic) bond motifs is 1. The summed E-state index contributed by atoms with van der Waals surface area (Å²) in [5, 5.41) is 4.02. The molecule has 0 bridgehead atoms. The van der Waals surface area contributed by atoms with E-state index in [-0.39, 0.29) is 5.91 Å². The van der Waals surface area contributed by atoms with E-state index in [4.69, 9.17) is 28.9 Å². The fourth-order valence-electron chi connectivity index (χ4n) is 1.99. The molecule has 1 unspecified atom stereocenters. The molecule has 1 aliphatic heterocycles. The number of carbonyl (C=O) groups is 1. The normalized spacial score (nSPS) is 16.9. The number of anilines is 1. The topological polar surface area (TPSA) is 55.1 Å². The molecule has 1 heterocycles. The fraction of sp³-hybridized carbons (Fsp3) is 0.0714. The summed E-state index contributed by atoms with van der Waals surface area (Å²) in [4.78, 5) is 13.4. The number of carbonyl (C=O) groups excluding carboxylic acids is 1. The van der Waals surface area contributed by atoms with Gasteiger partial charge >= 0.3 is 0 Å². The lowest BCUT2D eigenvalue weighted by Crippen LogP contribution is -2.19. The van der Waals surface area contributed by atoms with E-state index in [9.17, 15) is 4.79 Å². The monoisotopic (exact) mass is 324 g/mol. The Hall–Kier alpha value is -1.20. The maximum absolute atomic E-state index is 11.5. The minimum absolute atomic E-state index is 0.204. The van der Waals surface area contributed by atoms with Gasteiger partial charge in [0.25, 0.3) is 0 Å². The molecule has 1 aliphatic rings. The summed E-state index contributed by atoms with van der Waals surface area (Å²) in [6.45, 7) is 0. The molecule has 0 fully saturated rings. The average Bonchev–Trinajstić information content (AvgIpc) is 2.69. The minimum Gasteiger partial charge on any atom is -0.324 e. The molecule has 20 heavy (non-hydrogen) atoms. The Bertz CT molecular complexity index is 688. The maximum Gasteiger partial charge on any atom is 0.245 e. The van der Waals surface area contributed by atoms with Crippen molar-refractivity contribution in [3.8, 4) is 0 Å². The van der Waals surface area contributed by atoms with Gasteiger partial charge in [0, 0.05) is 26.1 Å². The van der Waals surface area contributed by atoms with Crippen LogP contribution < -0.4 is 11.1 Å². The number of amides is 1. The molecule has 1 atom stereocenters. The molecule has 3 N–H and O–H groups in total. The van der Waals surface area contributed by atoms with Gasteiger partial charge in [0.05, 0.1) is 5.02 Å². The van der Waals surface area contributed by atoms with Gasteiger partial charge in [0.15, 0.2) is 0 Å². The smallest absolute Gasteiger partial charge is 0.245 e. The molecule has 0 saturated carbocycles. The first-order valence-electron chi connectivity index (χ1n) is 5.88. The fourth-order valence-corrected chi connectivity index (χ4v) is 3.27. The van der Waals surface area contributed by atoms with Gasteiger partial charge in [0.2, 0.25) is 5.91 Å². The van der Waals surface area contributed by atoms with E-state index in [1.165, 1.54) is 11.8 Å². The van der Waals surface area contributed by atoms with Gasteiger partial charge in [-0.1, -0.05) is 35.0 Å². The Morgan fingerprint density at radius 2 is 1.85 bits per heavy atom. The molecule has 2 aromatic carbocycles. The van der Waals surface area contributed by atoms with Gasteiger partial charge in [-0.2, -0.15) is 0 Å². The van der Waals surface area contributed by atoms with E-state index in [1.807, 2.05) is 30.3 Å².